The van der Waals surface area contributed by atoms with Crippen molar-refractivity contribution in [3.05, 3.63) is 0 Å². The first kappa shape index (κ1) is 15.2. The summed E-state index contributed by atoms with van der Waals surface area (Å²) in [5, 5.41) is 8.08. The number of fused-ring (bicyclic) bond motifs is 2. The number of carbonyl (C=O) groups is 2. The monoisotopic (exact) mass is 254 g/mol. The third kappa shape index (κ3) is 2.60. The van der Waals surface area contributed by atoms with Crippen LogP contribution < -0.4 is 0 Å². The quantitative estimate of drug-likeness (QED) is 0.820. The molecular weight excluding hydrogens is 228 g/mol. The Morgan fingerprint density at radius 2 is 1.94 bits per heavy atom. The highest BCUT2D eigenvalue weighted by Crippen LogP contribution is 2.63. The van der Waals surface area contributed by atoms with Crippen LogP contribution in [-0.4, -0.2) is 16.9 Å². The summed E-state index contributed by atoms with van der Waals surface area (Å²) >= 11 is 0. The first-order chi connectivity index (χ1) is 8.11. The molecule has 2 aliphatic rings. The predicted octanol–water partition coefficient (Wildman–Crippen LogP) is 3.52. The highest BCUT2D eigenvalue weighted by Gasteiger charge is 2.61. The van der Waals surface area contributed by atoms with Crippen molar-refractivity contribution in [2.24, 2.45) is 22.7 Å². The molecule has 0 aliphatic heterocycles. The highest BCUT2D eigenvalue weighted by molar-refractivity contribution is 5.89. The largest absolute Gasteiger partial charge is 0.481 e. The Kier molecular flexibility index (Phi) is 4.24. The summed E-state index contributed by atoms with van der Waals surface area (Å²) < 4.78 is 0. The Balaban J connectivity index is 0.000000203. The van der Waals surface area contributed by atoms with E-state index in [-0.39, 0.29) is 23.2 Å². The molecule has 0 spiro atoms. The molecule has 2 bridgehead atoms. The van der Waals surface area contributed by atoms with E-state index < -0.39 is 5.97 Å². The highest BCUT2D eigenvalue weighted by atomic mass is 16.4. The predicted molar refractivity (Wildman–Crippen MR) is 71.3 cm³/mol. The van der Waals surface area contributed by atoms with Gasteiger partial charge in [-0.15, -0.1) is 0 Å². The summed E-state index contributed by atoms with van der Waals surface area (Å²) in [6, 6.07) is 0. The van der Waals surface area contributed by atoms with Crippen LogP contribution in [0.25, 0.3) is 0 Å². The molecular formula is C15H26O3. The van der Waals surface area contributed by atoms with Crippen molar-refractivity contribution < 1.29 is 14.7 Å². The molecule has 0 aromatic rings. The van der Waals surface area contributed by atoms with Crippen molar-refractivity contribution in [1.82, 2.24) is 0 Å². The van der Waals surface area contributed by atoms with E-state index in [4.69, 9.17) is 5.11 Å². The number of carbonyl (C=O) groups excluding carboxylic acids is 1. The van der Waals surface area contributed by atoms with Gasteiger partial charge in [-0.1, -0.05) is 34.6 Å². The molecule has 0 saturated heterocycles. The van der Waals surface area contributed by atoms with Crippen LogP contribution in [0.15, 0.2) is 0 Å². The molecule has 2 unspecified atom stereocenters. The van der Waals surface area contributed by atoms with Crippen LogP contribution in [0.5, 0.6) is 0 Å². The molecule has 1 N–H and O–H groups in total. The lowest BCUT2D eigenvalue weighted by atomic mass is 9.70. The molecule has 18 heavy (non-hydrogen) atoms. The van der Waals surface area contributed by atoms with Gasteiger partial charge >= 0.3 is 5.97 Å². The smallest absolute Gasteiger partial charge is 0.303 e. The fourth-order valence-corrected chi connectivity index (χ4v) is 3.25. The van der Waals surface area contributed by atoms with Gasteiger partial charge in [-0.05, 0) is 30.1 Å². The Morgan fingerprint density at radius 1 is 1.39 bits per heavy atom. The first-order valence-electron chi connectivity index (χ1n) is 6.86. The number of Topliss-reactive ketones (excluding diaryl/α,β-unsaturated/α-hetero) is 1. The SMILES string of the molecule is CC(C)CC(=O)O.CC12CCC(CC1=O)C2(C)C. The van der Waals surface area contributed by atoms with E-state index in [1.807, 2.05) is 13.8 Å². The van der Waals surface area contributed by atoms with Gasteiger partial charge in [0, 0.05) is 18.3 Å². The van der Waals surface area contributed by atoms with E-state index in [1.54, 1.807) is 0 Å². The second-order valence-electron chi connectivity index (χ2n) is 6.91. The maximum absolute atomic E-state index is 11.6. The Bertz CT molecular complexity index is 344. The molecule has 104 valence electrons. The second kappa shape index (κ2) is 5.02. The number of hydrogen-bond donors (Lipinski definition) is 1. The minimum Gasteiger partial charge on any atom is -0.481 e. The van der Waals surface area contributed by atoms with Crippen LogP contribution in [0.1, 0.15) is 60.3 Å². The third-order valence-electron chi connectivity index (χ3n) is 5.07. The second-order valence-corrected chi connectivity index (χ2v) is 6.91. The standard InChI is InChI=1S/C10H16O.C5H10O2/c1-9(2)7-4-5-10(9,3)8(11)6-7;1-4(2)3-5(6)7/h7H,4-6H2,1-3H3;4H,3H2,1-2H3,(H,6,7). The summed E-state index contributed by atoms with van der Waals surface area (Å²) in [5.74, 6) is 0.756. The zero-order valence-electron chi connectivity index (χ0n) is 12.2. The van der Waals surface area contributed by atoms with Gasteiger partial charge in [-0.2, -0.15) is 0 Å². The van der Waals surface area contributed by atoms with E-state index >= 15 is 0 Å². The van der Waals surface area contributed by atoms with Crippen LogP contribution in [0.2, 0.25) is 0 Å². The first-order valence-corrected chi connectivity index (χ1v) is 6.86. The molecule has 2 rings (SSSR count). The van der Waals surface area contributed by atoms with Gasteiger partial charge in [0.2, 0.25) is 0 Å². The van der Waals surface area contributed by atoms with Gasteiger partial charge in [-0.3, -0.25) is 9.59 Å². The number of carboxylic acids is 1. The van der Waals surface area contributed by atoms with Crippen molar-refractivity contribution in [3.63, 3.8) is 0 Å². The molecule has 2 atom stereocenters. The van der Waals surface area contributed by atoms with Gasteiger partial charge < -0.3 is 5.11 Å². The molecule has 0 amide bonds. The average molecular weight is 254 g/mol. The number of rotatable bonds is 2. The van der Waals surface area contributed by atoms with E-state index in [9.17, 15) is 9.59 Å². The number of ketones is 1. The van der Waals surface area contributed by atoms with Crippen molar-refractivity contribution in [2.75, 3.05) is 0 Å². The maximum Gasteiger partial charge on any atom is 0.303 e. The van der Waals surface area contributed by atoms with Crippen LogP contribution in [0.4, 0.5) is 0 Å². The van der Waals surface area contributed by atoms with E-state index in [0.29, 0.717) is 11.7 Å². The maximum atomic E-state index is 11.6. The lowest BCUT2D eigenvalue weighted by Crippen LogP contribution is -2.32. The molecule has 3 heteroatoms. The Morgan fingerprint density at radius 3 is 2.06 bits per heavy atom. The molecule has 0 aromatic carbocycles. The Labute approximate surface area is 110 Å². The normalized spacial score (nSPS) is 32.3. The molecule has 3 nitrogen and oxygen atoms in total. The third-order valence-corrected chi connectivity index (χ3v) is 5.07. The average Bonchev–Trinajstić information content (AvgIpc) is 2.49. The summed E-state index contributed by atoms with van der Waals surface area (Å²) in [7, 11) is 0. The molecule has 2 saturated carbocycles. The summed E-state index contributed by atoms with van der Waals surface area (Å²) in [5.41, 5.74) is 0.307. The zero-order valence-corrected chi connectivity index (χ0v) is 12.2. The minimum atomic E-state index is -0.713. The van der Waals surface area contributed by atoms with E-state index in [2.05, 4.69) is 20.8 Å². The molecule has 2 fully saturated rings. The van der Waals surface area contributed by atoms with Gasteiger partial charge in [-0.25, -0.2) is 0 Å². The Hall–Kier alpha value is -0.860. The zero-order chi connectivity index (χ0) is 14.1. The molecule has 0 heterocycles. The fraction of sp³-hybridized carbons (Fsp3) is 0.867. The van der Waals surface area contributed by atoms with Gasteiger partial charge in [0.1, 0.15) is 5.78 Å². The lowest BCUT2D eigenvalue weighted by molar-refractivity contribution is -0.137. The summed E-state index contributed by atoms with van der Waals surface area (Å²) in [6.45, 7) is 10.4. The number of carboxylic acid groups (broad SMARTS) is 1. The summed E-state index contributed by atoms with van der Waals surface area (Å²) in [6.07, 6.45) is 3.53. The van der Waals surface area contributed by atoms with E-state index in [0.717, 1.165) is 12.8 Å². The van der Waals surface area contributed by atoms with Crippen molar-refractivity contribution in [2.45, 2.75) is 60.3 Å². The number of hydrogen-bond acceptors (Lipinski definition) is 2. The van der Waals surface area contributed by atoms with E-state index in [1.165, 1.54) is 6.42 Å². The lowest BCUT2D eigenvalue weighted by Gasteiger charge is -2.32. The van der Waals surface area contributed by atoms with Crippen molar-refractivity contribution in [3.8, 4) is 0 Å². The number of aliphatic carboxylic acids is 1. The van der Waals surface area contributed by atoms with Crippen molar-refractivity contribution in [1.29, 1.82) is 0 Å². The van der Waals surface area contributed by atoms with Crippen LogP contribution in [0, 0.1) is 22.7 Å². The topological polar surface area (TPSA) is 54.4 Å². The molecule has 0 aromatic heterocycles. The fourth-order valence-electron chi connectivity index (χ4n) is 3.25. The van der Waals surface area contributed by atoms with Gasteiger partial charge in [0.25, 0.3) is 0 Å². The van der Waals surface area contributed by atoms with Gasteiger partial charge in [0.15, 0.2) is 0 Å². The van der Waals surface area contributed by atoms with Crippen LogP contribution >= 0.6 is 0 Å². The van der Waals surface area contributed by atoms with Crippen LogP contribution in [0.3, 0.4) is 0 Å². The minimum absolute atomic E-state index is 0.0255. The molecule has 0 radical (unpaired) electrons. The summed E-state index contributed by atoms with van der Waals surface area (Å²) in [4.78, 5) is 21.4. The van der Waals surface area contributed by atoms with Gasteiger partial charge in [0.05, 0.1) is 0 Å². The van der Waals surface area contributed by atoms with Crippen molar-refractivity contribution >= 4 is 11.8 Å². The molecule has 2 aliphatic carbocycles. The van der Waals surface area contributed by atoms with Crippen LogP contribution in [-0.2, 0) is 9.59 Å².